The van der Waals surface area contributed by atoms with E-state index in [2.05, 4.69) is 20.3 Å². The number of allylic oxidation sites excluding steroid dienone is 2. The van der Waals surface area contributed by atoms with Crippen LogP contribution in [0.2, 0.25) is 0 Å². The molecular formula is C25H25F2N5O3S. The van der Waals surface area contributed by atoms with Gasteiger partial charge in [-0.1, -0.05) is 23.8 Å². The minimum atomic E-state index is -3.11. The average Bonchev–Trinajstić information content (AvgIpc) is 3.44. The fourth-order valence-electron chi connectivity index (χ4n) is 4.33. The average molecular weight is 514 g/mol. The molecule has 3 heterocycles. The lowest BCUT2D eigenvalue weighted by atomic mass is 10.1. The third-order valence-corrected chi connectivity index (χ3v) is 7.73. The van der Waals surface area contributed by atoms with Crippen molar-refractivity contribution in [2.75, 3.05) is 41.4 Å². The first-order valence-electron chi connectivity index (χ1n) is 11.6. The highest BCUT2D eigenvalue weighted by Gasteiger charge is 2.26. The summed E-state index contributed by atoms with van der Waals surface area (Å²) in [6, 6.07) is 2.46. The van der Waals surface area contributed by atoms with Crippen molar-refractivity contribution < 1.29 is 21.9 Å². The summed E-state index contributed by atoms with van der Waals surface area (Å²) in [7, 11) is -3.11. The molecule has 8 nitrogen and oxygen atoms in total. The molecule has 1 saturated heterocycles. The number of fused-ring (bicyclic) bond motifs is 1. The summed E-state index contributed by atoms with van der Waals surface area (Å²) >= 11 is 0. The van der Waals surface area contributed by atoms with Gasteiger partial charge in [0, 0.05) is 36.3 Å². The Labute approximate surface area is 208 Å². The third kappa shape index (κ3) is 5.01. The minimum Gasteiger partial charge on any atom is -0.421 e. The van der Waals surface area contributed by atoms with Gasteiger partial charge in [-0.25, -0.2) is 17.2 Å². The molecule has 0 atom stereocenters. The van der Waals surface area contributed by atoms with Crippen LogP contribution in [0.25, 0.3) is 6.08 Å². The number of ether oxygens (including phenoxy) is 1. The zero-order valence-electron chi connectivity index (χ0n) is 19.9. The summed E-state index contributed by atoms with van der Waals surface area (Å²) in [6.07, 6.45) is 7.70. The zero-order valence-corrected chi connectivity index (χ0v) is 20.7. The molecule has 5 rings (SSSR count). The molecule has 36 heavy (non-hydrogen) atoms. The number of benzene rings is 1. The fourth-order valence-corrected chi connectivity index (χ4v) is 5.53. The van der Waals surface area contributed by atoms with Crippen LogP contribution in [-0.4, -0.2) is 55.4 Å². The monoisotopic (exact) mass is 513 g/mol. The van der Waals surface area contributed by atoms with Crippen LogP contribution in [0.5, 0.6) is 11.8 Å². The maximum atomic E-state index is 15.2. The van der Waals surface area contributed by atoms with Gasteiger partial charge in [-0.2, -0.15) is 9.97 Å². The van der Waals surface area contributed by atoms with Crippen LogP contribution in [0.3, 0.4) is 0 Å². The number of hydrogen-bond donors (Lipinski definition) is 1. The molecule has 0 bridgehead atoms. The number of nitrogens with zero attached hydrogens (tertiary/aromatic N) is 4. The second kappa shape index (κ2) is 9.45. The number of aliphatic imine (C=N–C) groups is 1. The molecule has 188 valence electrons. The predicted octanol–water partition coefficient (Wildman–Crippen LogP) is 4.07. The van der Waals surface area contributed by atoms with Gasteiger partial charge >= 0.3 is 6.01 Å². The van der Waals surface area contributed by atoms with Crippen LogP contribution in [0.15, 0.2) is 46.5 Å². The number of anilines is 2. The van der Waals surface area contributed by atoms with Crippen molar-refractivity contribution >= 4 is 33.4 Å². The molecule has 11 heteroatoms. The summed E-state index contributed by atoms with van der Waals surface area (Å²) in [5.74, 6) is -0.264. The number of rotatable bonds is 5. The summed E-state index contributed by atoms with van der Waals surface area (Å²) in [4.78, 5) is 15.0. The quantitative estimate of drug-likeness (QED) is 0.644. The van der Waals surface area contributed by atoms with E-state index in [1.54, 1.807) is 17.0 Å². The largest absolute Gasteiger partial charge is 0.421 e. The molecule has 1 aromatic carbocycles. The molecule has 0 unspecified atom stereocenters. The normalized spacial score (nSPS) is 18.7. The van der Waals surface area contributed by atoms with Crippen molar-refractivity contribution in [2.24, 2.45) is 4.99 Å². The van der Waals surface area contributed by atoms with Gasteiger partial charge in [0.25, 0.3) is 0 Å². The Bertz CT molecular complexity index is 1450. The van der Waals surface area contributed by atoms with Crippen LogP contribution in [0.4, 0.5) is 20.4 Å². The molecule has 1 N–H and O–H groups in total. The first-order valence-corrected chi connectivity index (χ1v) is 13.4. The Hall–Kier alpha value is -3.60. The second-order valence-corrected chi connectivity index (χ2v) is 11.2. The standard InChI is InChI=1S/C25H25F2N5O3S/c1-3-4-16-11-21(28-14-16)29-22-13-23(32-5-7-36(33,34)8-6-32)31-25(30-22)35-20-12-19(26)17-9-15(2)10-18(17)24(20)27/h3-4,10-13H,5-9,14H2,1-2H3,(H,28,29,30,31)/b4-3+. The van der Waals surface area contributed by atoms with Crippen molar-refractivity contribution in [3.05, 3.63) is 64.3 Å². The lowest BCUT2D eigenvalue weighted by Crippen LogP contribution is -2.40. The van der Waals surface area contributed by atoms with Crippen LogP contribution in [-0.2, 0) is 16.3 Å². The molecule has 0 amide bonds. The molecule has 2 aliphatic heterocycles. The lowest BCUT2D eigenvalue weighted by molar-refractivity contribution is 0.406. The number of hydrogen-bond acceptors (Lipinski definition) is 8. The Kier molecular flexibility index (Phi) is 6.33. The van der Waals surface area contributed by atoms with Gasteiger partial charge < -0.3 is 15.0 Å². The van der Waals surface area contributed by atoms with E-state index in [4.69, 9.17) is 4.74 Å². The summed E-state index contributed by atoms with van der Waals surface area (Å²) in [5.41, 5.74) is 2.34. The zero-order chi connectivity index (χ0) is 25.4. The highest BCUT2D eigenvalue weighted by Crippen LogP contribution is 2.36. The molecule has 0 radical (unpaired) electrons. The van der Waals surface area contributed by atoms with Gasteiger partial charge in [0.2, 0.25) is 0 Å². The van der Waals surface area contributed by atoms with E-state index in [0.717, 1.165) is 17.2 Å². The number of nitrogens with one attached hydrogen (secondary N) is 1. The van der Waals surface area contributed by atoms with E-state index in [9.17, 15) is 12.8 Å². The van der Waals surface area contributed by atoms with Gasteiger partial charge in [-0.05, 0) is 31.9 Å². The van der Waals surface area contributed by atoms with E-state index in [1.165, 1.54) is 0 Å². The second-order valence-electron chi connectivity index (χ2n) is 8.91. The van der Waals surface area contributed by atoms with E-state index >= 15 is 4.39 Å². The van der Waals surface area contributed by atoms with Gasteiger partial charge in [-0.15, -0.1) is 0 Å². The molecule has 1 fully saturated rings. The van der Waals surface area contributed by atoms with Crippen molar-refractivity contribution in [2.45, 2.75) is 20.3 Å². The van der Waals surface area contributed by atoms with Crippen molar-refractivity contribution in [1.29, 1.82) is 0 Å². The molecule has 3 aliphatic rings. The number of amidine groups is 1. The van der Waals surface area contributed by atoms with Gasteiger partial charge in [-0.3, -0.25) is 4.99 Å². The van der Waals surface area contributed by atoms with Crippen molar-refractivity contribution in [3.8, 4) is 11.8 Å². The molecular weight excluding hydrogens is 488 g/mol. The first-order chi connectivity index (χ1) is 17.2. The van der Waals surface area contributed by atoms with Crippen LogP contribution in [0.1, 0.15) is 25.0 Å². The molecule has 1 aliphatic carbocycles. The van der Waals surface area contributed by atoms with E-state index in [0.29, 0.717) is 36.0 Å². The maximum absolute atomic E-state index is 15.2. The molecule has 0 spiro atoms. The third-order valence-electron chi connectivity index (χ3n) is 6.12. The topological polar surface area (TPSA) is 96.8 Å². The molecule has 2 aromatic rings. The van der Waals surface area contributed by atoms with E-state index < -0.39 is 21.5 Å². The Morgan fingerprint density at radius 2 is 1.92 bits per heavy atom. The first kappa shape index (κ1) is 24.1. The van der Waals surface area contributed by atoms with Crippen molar-refractivity contribution in [1.82, 2.24) is 9.97 Å². The number of aromatic nitrogens is 2. The highest BCUT2D eigenvalue weighted by atomic mass is 32.2. The Balaban J connectivity index is 1.48. The Morgan fingerprint density at radius 3 is 2.67 bits per heavy atom. The predicted molar refractivity (Wildman–Crippen MR) is 136 cm³/mol. The van der Waals surface area contributed by atoms with Gasteiger partial charge in [0.15, 0.2) is 21.4 Å². The van der Waals surface area contributed by atoms with E-state index in [1.807, 2.05) is 32.1 Å². The Morgan fingerprint density at radius 1 is 1.14 bits per heavy atom. The van der Waals surface area contributed by atoms with Gasteiger partial charge in [0.1, 0.15) is 23.3 Å². The number of sulfone groups is 1. The van der Waals surface area contributed by atoms with Crippen molar-refractivity contribution in [3.63, 3.8) is 0 Å². The van der Waals surface area contributed by atoms with Gasteiger partial charge in [0.05, 0.1) is 18.1 Å². The molecule has 0 saturated carbocycles. The summed E-state index contributed by atoms with van der Waals surface area (Å²) in [6.45, 7) is 4.74. The maximum Gasteiger partial charge on any atom is 0.326 e. The smallest absolute Gasteiger partial charge is 0.326 e. The highest BCUT2D eigenvalue weighted by molar-refractivity contribution is 7.91. The molecule has 1 aromatic heterocycles. The lowest BCUT2D eigenvalue weighted by Gasteiger charge is -2.28. The van der Waals surface area contributed by atoms with Crippen LogP contribution < -0.4 is 15.0 Å². The van der Waals surface area contributed by atoms with Crippen LogP contribution >= 0.6 is 0 Å². The summed E-state index contributed by atoms with van der Waals surface area (Å²) < 4.78 is 59.3. The minimum absolute atomic E-state index is 0.00549. The fraction of sp³-hybridized carbons (Fsp3) is 0.320. The van der Waals surface area contributed by atoms with E-state index in [-0.39, 0.29) is 41.9 Å². The summed E-state index contributed by atoms with van der Waals surface area (Å²) in [5, 5.41) is 3.11. The SMILES string of the molecule is C/C=C/C1=CC(Nc2cc(N3CCS(=O)(=O)CC3)nc(Oc3cc(F)c4c(c3F)C=C(C)C4)n2)=NC1. The number of halogens is 2. The van der Waals surface area contributed by atoms with Crippen LogP contribution in [0, 0.1) is 11.6 Å².